The van der Waals surface area contributed by atoms with Crippen molar-refractivity contribution >= 4 is 17.3 Å². The molecule has 0 saturated carbocycles. The lowest BCUT2D eigenvalue weighted by molar-refractivity contribution is -0.384. The van der Waals surface area contributed by atoms with Gasteiger partial charge in [0.25, 0.3) is 5.69 Å². The molecule has 0 spiro atoms. The van der Waals surface area contributed by atoms with Crippen molar-refractivity contribution in [2.45, 2.75) is 6.42 Å². The maximum atomic E-state index is 10.7. The molecule has 1 aromatic carbocycles. The van der Waals surface area contributed by atoms with Gasteiger partial charge < -0.3 is 9.80 Å². The van der Waals surface area contributed by atoms with Crippen LogP contribution in [0, 0.1) is 10.1 Å². The molecule has 2 rings (SSSR count). The molecule has 0 bridgehead atoms. The molecule has 0 fully saturated rings. The van der Waals surface area contributed by atoms with Crippen molar-refractivity contribution in [1.82, 2.24) is 9.97 Å². The van der Waals surface area contributed by atoms with Crippen LogP contribution in [0.5, 0.6) is 0 Å². The Morgan fingerprint density at radius 2 is 1.50 bits per heavy atom. The third kappa shape index (κ3) is 3.69. The number of rotatable bonds is 5. The van der Waals surface area contributed by atoms with Gasteiger partial charge in [-0.25, -0.2) is 9.97 Å². The van der Waals surface area contributed by atoms with Gasteiger partial charge in [-0.1, -0.05) is 12.1 Å². The Bertz CT molecular complexity index is 642. The van der Waals surface area contributed by atoms with E-state index in [0.717, 1.165) is 17.2 Å². The van der Waals surface area contributed by atoms with E-state index in [4.69, 9.17) is 0 Å². The second-order valence-corrected chi connectivity index (χ2v) is 5.39. The van der Waals surface area contributed by atoms with Crippen molar-refractivity contribution in [3.63, 3.8) is 0 Å². The second kappa shape index (κ2) is 6.38. The molecular weight excluding hydrogens is 282 g/mol. The first-order valence-electron chi connectivity index (χ1n) is 6.83. The van der Waals surface area contributed by atoms with Crippen LogP contribution in [0.15, 0.2) is 30.3 Å². The van der Waals surface area contributed by atoms with Gasteiger partial charge in [-0.05, 0) is 5.56 Å². The molecule has 22 heavy (non-hydrogen) atoms. The molecule has 7 heteroatoms. The maximum absolute atomic E-state index is 10.7. The zero-order valence-electron chi connectivity index (χ0n) is 13.1. The Morgan fingerprint density at radius 1 is 1.00 bits per heavy atom. The molecule has 2 aromatic rings. The Morgan fingerprint density at radius 3 is 1.91 bits per heavy atom. The van der Waals surface area contributed by atoms with Gasteiger partial charge in [0.15, 0.2) is 0 Å². The Kier molecular flexibility index (Phi) is 4.55. The summed E-state index contributed by atoms with van der Waals surface area (Å²) < 4.78 is 0. The number of aromatic nitrogens is 2. The summed E-state index contributed by atoms with van der Waals surface area (Å²) in [5, 5.41) is 10.7. The van der Waals surface area contributed by atoms with E-state index < -0.39 is 4.92 Å². The third-order valence-corrected chi connectivity index (χ3v) is 3.17. The first kappa shape index (κ1) is 15.7. The number of benzene rings is 1. The summed E-state index contributed by atoms with van der Waals surface area (Å²) in [6, 6.07) is 8.38. The van der Waals surface area contributed by atoms with E-state index in [2.05, 4.69) is 9.97 Å². The van der Waals surface area contributed by atoms with Crippen LogP contribution in [-0.4, -0.2) is 43.1 Å². The molecule has 116 valence electrons. The van der Waals surface area contributed by atoms with E-state index in [-0.39, 0.29) is 5.69 Å². The molecule has 7 nitrogen and oxygen atoms in total. The highest BCUT2D eigenvalue weighted by molar-refractivity contribution is 5.49. The normalized spacial score (nSPS) is 10.4. The summed E-state index contributed by atoms with van der Waals surface area (Å²) in [4.78, 5) is 23.2. The van der Waals surface area contributed by atoms with Crippen molar-refractivity contribution in [3.8, 4) is 0 Å². The fourth-order valence-corrected chi connectivity index (χ4v) is 1.92. The standard InChI is InChI=1S/C15H19N5O2/c1-18(2)14-10-15(19(3)4)17-13(16-14)9-11-5-7-12(8-6-11)20(21)22/h5-8,10H,9H2,1-4H3. The van der Waals surface area contributed by atoms with Crippen LogP contribution < -0.4 is 9.80 Å². The van der Waals surface area contributed by atoms with E-state index >= 15 is 0 Å². The largest absolute Gasteiger partial charge is 0.363 e. The number of nitro groups is 1. The number of non-ortho nitro benzene ring substituents is 1. The smallest absolute Gasteiger partial charge is 0.269 e. The Labute approximate surface area is 129 Å². The van der Waals surface area contributed by atoms with Gasteiger partial charge in [0.05, 0.1) is 4.92 Å². The van der Waals surface area contributed by atoms with Crippen LogP contribution >= 0.6 is 0 Å². The fraction of sp³-hybridized carbons (Fsp3) is 0.333. The zero-order valence-corrected chi connectivity index (χ0v) is 13.1. The lowest BCUT2D eigenvalue weighted by Gasteiger charge is -2.17. The monoisotopic (exact) mass is 301 g/mol. The average molecular weight is 301 g/mol. The van der Waals surface area contributed by atoms with Crippen molar-refractivity contribution < 1.29 is 4.92 Å². The first-order chi connectivity index (χ1) is 10.4. The molecule has 0 atom stereocenters. The lowest BCUT2D eigenvalue weighted by atomic mass is 10.1. The van der Waals surface area contributed by atoms with E-state index in [1.54, 1.807) is 12.1 Å². The number of nitrogens with zero attached hydrogens (tertiary/aromatic N) is 5. The number of anilines is 2. The SMILES string of the molecule is CN(C)c1cc(N(C)C)nc(Cc2ccc([N+](=O)[O-])cc2)n1. The second-order valence-electron chi connectivity index (χ2n) is 5.39. The van der Waals surface area contributed by atoms with E-state index in [9.17, 15) is 10.1 Å². The number of hydrogen-bond donors (Lipinski definition) is 0. The van der Waals surface area contributed by atoms with E-state index in [0.29, 0.717) is 12.2 Å². The number of hydrogen-bond acceptors (Lipinski definition) is 6. The molecule has 0 aliphatic rings. The minimum atomic E-state index is -0.406. The predicted octanol–water partition coefficient (Wildman–Crippen LogP) is 2.11. The quantitative estimate of drug-likeness (QED) is 0.622. The first-order valence-corrected chi connectivity index (χ1v) is 6.83. The highest BCUT2D eigenvalue weighted by atomic mass is 16.6. The summed E-state index contributed by atoms with van der Waals surface area (Å²) >= 11 is 0. The van der Waals surface area contributed by atoms with Gasteiger partial charge >= 0.3 is 0 Å². The zero-order chi connectivity index (χ0) is 16.3. The molecular formula is C15H19N5O2. The fourth-order valence-electron chi connectivity index (χ4n) is 1.92. The summed E-state index contributed by atoms with van der Waals surface area (Å²) in [6.07, 6.45) is 0.528. The molecule has 0 radical (unpaired) electrons. The maximum Gasteiger partial charge on any atom is 0.269 e. The molecule has 0 saturated heterocycles. The summed E-state index contributed by atoms with van der Waals surface area (Å²) in [7, 11) is 7.71. The van der Waals surface area contributed by atoms with Gasteiger partial charge in [0.1, 0.15) is 17.5 Å². The minimum absolute atomic E-state index is 0.0840. The highest BCUT2D eigenvalue weighted by Gasteiger charge is 2.10. The van der Waals surface area contributed by atoms with Crippen molar-refractivity contribution in [2.75, 3.05) is 38.0 Å². The van der Waals surface area contributed by atoms with Crippen LogP contribution in [0.2, 0.25) is 0 Å². The van der Waals surface area contributed by atoms with Gasteiger partial charge in [0, 0.05) is 52.8 Å². The summed E-state index contributed by atoms with van der Waals surface area (Å²) in [5.74, 6) is 2.34. The highest BCUT2D eigenvalue weighted by Crippen LogP contribution is 2.19. The molecule has 1 aromatic heterocycles. The van der Waals surface area contributed by atoms with Crippen LogP contribution in [0.3, 0.4) is 0 Å². The van der Waals surface area contributed by atoms with E-state index in [1.165, 1.54) is 12.1 Å². The lowest BCUT2D eigenvalue weighted by Crippen LogP contribution is -2.17. The van der Waals surface area contributed by atoms with Gasteiger partial charge in [-0.15, -0.1) is 0 Å². The van der Waals surface area contributed by atoms with Crippen molar-refractivity contribution in [1.29, 1.82) is 0 Å². The van der Waals surface area contributed by atoms with Gasteiger partial charge in [-0.2, -0.15) is 0 Å². The van der Waals surface area contributed by atoms with Crippen molar-refractivity contribution in [2.24, 2.45) is 0 Å². The minimum Gasteiger partial charge on any atom is -0.363 e. The molecule has 0 aliphatic carbocycles. The molecule has 0 N–H and O–H groups in total. The van der Waals surface area contributed by atoms with Crippen LogP contribution in [0.1, 0.15) is 11.4 Å². The number of nitro benzene ring substituents is 1. The average Bonchev–Trinajstić information content (AvgIpc) is 2.47. The topological polar surface area (TPSA) is 75.4 Å². The molecule has 0 aliphatic heterocycles. The predicted molar refractivity (Wildman–Crippen MR) is 86.6 cm³/mol. The van der Waals surface area contributed by atoms with Gasteiger partial charge in [0.2, 0.25) is 0 Å². The van der Waals surface area contributed by atoms with E-state index in [1.807, 2.05) is 44.1 Å². The Hall–Kier alpha value is -2.70. The van der Waals surface area contributed by atoms with Gasteiger partial charge in [-0.3, -0.25) is 10.1 Å². The van der Waals surface area contributed by atoms with Crippen LogP contribution in [0.25, 0.3) is 0 Å². The molecule has 1 heterocycles. The van der Waals surface area contributed by atoms with Crippen molar-refractivity contribution in [3.05, 3.63) is 51.8 Å². The van der Waals surface area contributed by atoms with Crippen LogP contribution in [0.4, 0.5) is 17.3 Å². The summed E-state index contributed by atoms with van der Waals surface area (Å²) in [5.41, 5.74) is 1.02. The van der Waals surface area contributed by atoms with Crippen LogP contribution in [-0.2, 0) is 6.42 Å². The third-order valence-electron chi connectivity index (χ3n) is 3.17. The molecule has 0 amide bonds. The Balaban J connectivity index is 2.29. The molecule has 0 unspecified atom stereocenters. The summed E-state index contributed by atoms with van der Waals surface area (Å²) in [6.45, 7) is 0.